The number of likely N-dealkylation sites (tertiary alicyclic amines) is 1. The molecule has 1 heterocycles. The van der Waals surface area contributed by atoms with Gasteiger partial charge in [0, 0.05) is 13.1 Å². The van der Waals surface area contributed by atoms with Crippen LogP contribution in [-0.4, -0.2) is 47.8 Å². The van der Waals surface area contributed by atoms with E-state index >= 15 is 0 Å². The molecule has 0 radical (unpaired) electrons. The van der Waals surface area contributed by atoms with Crippen LogP contribution in [0.5, 0.6) is 0 Å². The molecule has 2 rings (SSSR count). The topological polar surface area (TPSA) is 92.8 Å². The molecule has 24 heavy (non-hydrogen) atoms. The minimum atomic E-state index is -0.936. The molecule has 0 saturated carbocycles. The molecule has 1 fully saturated rings. The van der Waals surface area contributed by atoms with Gasteiger partial charge in [0.05, 0.1) is 18.3 Å². The Morgan fingerprint density at radius 2 is 1.92 bits per heavy atom. The molecule has 3 amide bonds. The van der Waals surface area contributed by atoms with Gasteiger partial charge in [-0.25, -0.2) is 0 Å². The zero-order chi connectivity index (χ0) is 17.7. The second kappa shape index (κ2) is 7.90. The summed E-state index contributed by atoms with van der Waals surface area (Å²) in [7, 11) is 0. The highest BCUT2D eigenvalue weighted by Crippen LogP contribution is 2.34. The van der Waals surface area contributed by atoms with Crippen molar-refractivity contribution in [2.75, 3.05) is 13.1 Å². The van der Waals surface area contributed by atoms with Crippen LogP contribution in [-0.2, 0) is 23.9 Å². The van der Waals surface area contributed by atoms with Crippen LogP contribution in [0, 0.1) is 11.8 Å². The van der Waals surface area contributed by atoms with E-state index in [2.05, 4.69) is 11.9 Å². The first kappa shape index (κ1) is 17.9. The van der Waals surface area contributed by atoms with Gasteiger partial charge in [-0.3, -0.25) is 24.1 Å². The minimum Gasteiger partial charge on any atom is -0.452 e. The fourth-order valence-electron chi connectivity index (χ4n) is 2.92. The quantitative estimate of drug-likeness (QED) is 0.417. The van der Waals surface area contributed by atoms with Crippen LogP contribution in [0.15, 0.2) is 24.8 Å². The Kier molecular flexibility index (Phi) is 5.89. The third kappa shape index (κ3) is 3.90. The molecule has 0 aromatic rings. The molecule has 0 aromatic heterocycles. The number of esters is 1. The summed E-state index contributed by atoms with van der Waals surface area (Å²) in [6.07, 6.45) is 5.41. The highest BCUT2D eigenvalue weighted by Gasteiger charge is 2.46. The molecule has 0 unspecified atom stereocenters. The Morgan fingerprint density at radius 1 is 1.33 bits per heavy atom. The molecule has 1 saturated heterocycles. The number of rotatable bonds is 7. The number of fused-ring (bicyclic) bond motifs is 1. The summed E-state index contributed by atoms with van der Waals surface area (Å²) in [5.41, 5.74) is 0. The van der Waals surface area contributed by atoms with Gasteiger partial charge in [-0.1, -0.05) is 18.2 Å². The van der Waals surface area contributed by atoms with Gasteiger partial charge in [0.25, 0.3) is 5.91 Å². The highest BCUT2D eigenvalue weighted by molar-refractivity contribution is 6.05. The third-order valence-corrected chi connectivity index (χ3v) is 4.24. The van der Waals surface area contributed by atoms with Crippen LogP contribution < -0.4 is 5.32 Å². The van der Waals surface area contributed by atoms with Gasteiger partial charge in [-0.15, -0.1) is 6.58 Å². The molecule has 1 aliphatic carbocycles. The Bertz CT molecular complexity index is 558. The Morgan fingerprint density at radius 3 is 2.46 bits per heavy atom. The smallest absolute Gasteiger partial charge is 0.308 e. The molecule has 0 spiro atoms. The van der Waals surface area contributed by atoms with Crippen LogP contribution in [0.25, 0.3) is 0 Å². The van der Waals surface area contributed by atoms with Crippen molar-refractivity contribution in [1.29, 1.82) is 0 Å². The maximum Gasteiger partial charge on any atom is 0.308 e. The van der Waals surface area contributed by atoms with E-state index in [-0.39, 0.29) is 43.2 Å². The normalized spacial score (nSPS) is 23.6. The lowest BCUT2D eigenvalue weighted by Crippen LogP contribution is -2.37. The summed E-state index contributed by atoms with van der Waals surface area (Å²) in [5.74, 6) is -2.10. The van der Waals surface area contributed by atoms with Crippen LogP contribution in [0.1, 0.15) is 26.2 Å². The fraction of sp³-hybridized carbons (Fsp3) is 0.529. The molecule has 7 nitrogen and oxygen atoms in total. The van der Waals surface area contributed by atoms with Crippen molar-refractivity contribution in [3.63, 3.8) is 0 Å². The second-order valence-corrected chi connectivity index (χ2v) is 5.90. The van der Waals surface area contributed by atoms with Crippen molar-refractivity contribution < 1.29 is 23.9 Å². The van der Waals surface area contributed by atoms with E-state index in [9.17, 15) is 19.2 Å². The van der Waals surface area contributed by atoms with Crippen LogP contribution >= 0.6 is 0 Å². The number of hydrogen-bond acceptors (Lipinski definition) is 5. The lowest BCUT2D eigenvalue weighted by molar-refractivity contribution is -0.155. The summed E-state index contributed by atoms with van der Waals surface area (Å²) in [6.45, 7) is 5.21. The maximum atomic E-state index is 12.3. The Balaban J connectivity index is 1.81. The molecule has 130 valence electrons. The van der Waals surface area contributed by atoms with E-state index in [0.29, 0.717) is 12.8 Å². The average Bonchev–Trinajstić information content (AvgIpc) is 2.82. The van der Waals surface area contributed by atoms with Gasteiger partial charge in [0.1, 0.15) is 0 Å². The van der Waals surface area contributed by atoms with Gasteiger partial charge < -0.3 is 10.1 Å². The van der Waals surface area contributed by atoms with Crippen molar-refractivity contribution in [1.82, 2.24) is 10.2 Å². The predicted molar refractivity (Wildman–Crippen MR) is 85.5 cm³/mol. The van der Waals surface area contributed by atoms with Crippen molar-refractivity contribution in [2.45, 2.75) is 32.3 Å². The van der Waals surface area contributed by atoms with Crippen molar-refractivity contribution >= 4 is 23.7 Å². The molecule has 0 aromatic carbocycles. The number of nitrogens with one attached hydrogen (secondary N) is 1. The Hall–Kier alpha value is -2.44. The van der Waals surface area contributed by atoms with E-state index in [0.717, 1.165) is 4.90 Å². The molecular formula is C17H22N2O5. The molecule has 3 atom stereocenters. The molecule has 1 N–H and O–H groups in total. The number of allylic oxidation sites excluding steroid dienone is 2. The first-order chi connectivity index (χ1) is 11.5. The summed E-state index contributed by atoms with van der Waals surface area (Å²) < 4.78 is 5.01. The average molecular weight is 334 g/mol. The highest BCUT2D eigenvalue weighted by atomic mass is 16.5. The zero-order valence-corrected chi connectivity index (χ0v) is 13.7. The minimum absolute atomic E-state index is 0.00943. The maximum absolute atomic E-state index is 12.3. The van der Waals surface area contributed by atoms with E-state index in [1.807, 2.05) is 12.2 Å². The number of hydrogen-bond donors (Lipinski definition) is 1. The van der Waals surface area contributed by atoms with Crippen LogP contribution in [0.4, 0.5) is 0 Å². The fourth-order valence-corrected chi connectivity index (χ4v) is 2.92. The monoisotopic (exact) mass is 334 g/mol. The van der Waals surface area contributed by atoms with Crippen molar-refractivity contribution in [3.8, 4) is 0 Å². The lowest BCUT2D eigenvalue weighted by Gasteiger charge is -2.16. The zero-order valence-electron chi connectivity index (χ0n) is 13.7. The van der Waals surface area contributed by atoms with Gasteiger partial charge in [0.2, 0.25) is 11.8 Å². The standard InChI is InChI=1S/C17H22N2O5/c1-3-9-18-15(21)11(2)24-14(20)8-10-19-16(22)12-6-4-5-7-13(12)17(19)23/h3-5,11-13H,1,6-10H2,2H3,(H,18,21)/t11-,12-,13+/m0/s1. The lowest BCUT2D eigenvalue weighted by atomic mass is 9.85. The molecular weight excluding hydrogens is 312 g/mol. The van der Waals surface area contributed by atoms with E-state index in [1.165, 1.54) is 13.0 Å². The summed E-state index contributed by atoms with van der Waals surface area (Å²) >= 11 is 0. The van der Waals surface area contributed by atoms with Gasteiger partial charge in [-0.05, 0) is 19.8 Å². The van der Waals surface area contributed by atoms with Crippen molar-refractivity contribution in [3.05, 3.63) is 24.8 Å². The number of carbonyl (C=O) groups is 4. The number of imide groups is 1. The number of carbonyl (C=O) groups excluding carboxylic acids is 4. The molecule has 1 aliphatic heterocycles. The number of ether oxygens (including phenoxy) is 1. The first-order valence-corrected chi connectivity index (χ1v) is 8.04. The predicted octanol–water partition coefficient (Wildman–Crippen LogP) is 0.562. The number of amides is 3. The van der Waals surface area contributed by atoms with Gasteiger partial charge >= 0.3 is 5.97 Å². The van der Waals surface area contributed by atoms with Crippen LogP contribution in [0.3, 0.4) is 0 Å². The van der Waals surface area contributed by atoms with Gasteiger partial charge in [0.15, 0.2) is 6.10 Å². The van der Waals surface area contributed by atoms with Crippen LogP contribution in [0.2, 0.25) is 0 Å². The molecule has 2 aliphatic rings. The molecule has 7 heteroatoms. The van der Waals surface area contributed by atoms with E-state index in [1.54, 1.807) is 0 Å². The number of nitrogens with zero attached hydrogens (tertiary/aromatic N) is 1. The van der Waals surface area contributed by atoms with E-state index in [4.69, 9.17) is 4.74 Å². The Labute approximate surface area is 140 Å². The first-order valence-electron chi connectivity index (χ1n) is 8.04. The summed E-state index contributed by atoms with van der Waals surface area (Å²) in [4.78, 5) is 49.1. The SMILES string of the molecule is C=CCNC(=O)[C@H](C)OC(=O)CCN1C(=O)[C@H]2CC=CC[C@H]2C1=O. The summed E-state index contributed by atoms with van der Waals surface area (Å²) in [6, 6.07) is 0. The van der Waals surface area contributed by atoms with Crippen molar-refractivity contribution in [2.24, 2.45) is 11.8 Å². The largest absolute Gasteiger partial charge is 0.452 e. The third-order valence-electron chi connectivity index (χ3n) is 4.24. The van der Waals surface area contributed by atoms with Gasteiger partial charge in [-0.2, -0.15) is 0 Å². The second-order valence-electron chi connectivity index (χ2n) is 5.90. The van der Waals surface area contributed by atoms with E-state index < -0.39 is 18.0 Å². The molecule has 0 bridgehead atoms. The summed E-state index contributed by atoms with van der Waals surface area (Å²) in [5, 5.41) is 2.52.